The zero-order valence-electron chi connectivity index (χ0n) is 23.7. The van der Waals surface area contributed by atoms with Crippen LogP contribution in [-0.4, -0.2) is 60.4 Å². The molecule has 0 aromatic heterocycles. The van der Waals surface area contributed by atoms with Crippen LogP contribution in [-0.2, 0) is 30.3 Å². The minimum atomic E-state index is -1.18. The van der Waals surface area contributed by atoms with E-state index >= 15 is 0 Å². The first-order valence-electron chi connectivity index (χ1n) is 14.7. The maximum atomic E-state index is 13.4. The zero-order valence-corrected chi connectivity index (χ0v) is 24.5. The molecule has 2 aliphatic carbocycles. The van der Waals surface area contributed by atoms with E-state index in [4.69, 9.17) is 16.3 Å². The van der Waals surface area contributed by atoms with E-state index in [9.17, 15) is 24.0 Å². The first-order chi connectivity index (χ1) is 19.6. The number of carbonyl (C=O) groups is 5. The minimum absolute atomic E-state index is 0.0145. The Morgan fingerprint density at radius 2 is 1.83 bits per heavy atom. The number of rotatable bonds is 13. The van der Waals surface area contributed by atoms with Crippen LogP contribution in [0.1, 0.15) is 70.8 Å². The fourth-order valence-corrected chi connectivity index (χ4v) is 5.89. The molecular weight excluding hydrogens is 548 g/mol. The number of ether oxygens (including phenoxy) is 1. The van der Waals surface area contributed by atoms with Gasteiger partial charge in [0.25, 0.3) is 5.91 Å². The van der Waals surface area contributed by atoms with Gasteiger partial charge in [-0.1, -0.05) is 37.6 Å². The fourth-order valence-electron chi connectivity index (χ4n) is 5.68. The average Bonchev–Trinajstić information content (AvgIpc) is 3.48. The molecule has 11 heteroatoms. The number of amides is 4. The smallest absolute Gasteiger partial charge is 0.408 e. The number of carbonyl (C=O) groups excluding carboxylic acids is 5. The third-order valence-corrected chi connectivity index (χ3v) is 8.24. The van der Waals surface area contributed by atoms with E-state index in [1.807, 2.05) is 38.1 Å². The predicted molar refractivity (Wildman–Crippen MR) is 153 cm³/mol. The quantitative estimate of drug-likeness (QED) is 0.261. The Balaban J connectivity index is 1.39. The lowest BCUT2D eigenvalue weighted by molar-refractivity contribution is -0.141. The first-order valence-corrected chi connectivity index (χ1v) is 15.1. The number of hydrogen-bond donors (Lipinski definition) is 4. The molecule has 5 atom stereocenters. The number of ketones is 1. The van der Waals surface area contributed by atoms with Gasteiger partial charge in [-0.15, -0.1) is 0 Å². The molecule has 0 bridgehead atoms. The van der Waals surface area contributed by atoms with Gasteiger partial charge in [-0.2, -0.15) is 0 Å². The highest BCUT2D eigenvalue weighted by Crippen LogP contribution is 2.32. The molecule has 0 radical (unpaired) electrons. The number of alkyl carbamates (subject to hydrolysis) is 1. The molecular formula is C30H41ClN4O6. The van der Waals surface area contributed by atoms with E-state index in [-0.39, 0.29) is 36.3 Å². The van der Waals surface area contributed by atoms with Crippen LogP contribution < -0.4 is 21.3 Å². The summed E-state index contributed by atoms with van der Waals surface area (Å²) in [5.41, 5.74) is 1.08. The minimum Gasteiger partial charge on any atom is -0.446 e. The largest absolute Gasteiger partial charge is 0.446 e. The van der Waals surface area contributed by atoms with Gasteiger partial charge in [-0.25, -0.2) is 4.79 Å². The SMILES string of the molecule is CC(C)CC(NC(=O)OC1CCCC1Cc1cccc(Cl)c1)C(=O)NC(CC1CCNC1=O)C(=O)C(=O)NC1CC1. The van der Waals surface area contributed by atoms with Gasteiger partial charge in [0.15, 0.2) is 0 Å². The molecule has 3 fully saturated rings. The second kappa shape index (κ2) is 14.2. The third kappa shape index (κ3) is 9.18. The van der Waals surface area contributed by atoms with Crippen LogP contribution >= 0.6 is 11.6 Å². The Hall–Kier alpha value is -3.14. The molecule has 224 valence electrons. The van der Waals surface area contributed by atoms with E-state index in [1.54, 1.807) is 0 Å². The van der Waals surface area contributed by atoms with Crippen LogP contribution in [0.5, 0.6) is 0 Å². The third-order valence-electron chi connectivity index (χ3n) is 8.00. The van der Waals surface area contributed by atoms with Gasteiger partial charge in [0.05, 0.1) is 6.04 Å². The standard InChI is InChI=1S/C30H41ClN4O6/c1-17(2)13-24(35-30(40)41-25-8-4-6-19(25)14-18-5-3-7-21(31)15-18)28(38)34-23(16-20-11-12-32-27(20)37)26(36)29(39)33-22-9-10-22/h3,5,7,15,17,19-20,22-25H,4,6,8-14,16H2,1-2H3,(H,32,37)(H,33,39)(H,34,38)(H,35,40). The Labute approximate surface area is 246 Å². The summed E-state index contributed by atoms with van der Waals surface area (Å²) in [7, 11) is 0. The highest BCUT2D eigenvalue weighted by atomic mass is 35.5. The van der Waals surface area contributed by atoms with Gasteiger partial charge in [0.1, 0.15) is 12.1 Å². The molecule has 4 amide bonds. The summed E-state index contributed by atoms with van der Waals surface area (Å²) in [6, 6.07) is 5.45. The number of halogens is 1. The van der Waals surface area contributed by atoms with Gasteiger partial charge in [0, 0.05) is 29.4 Å². The van der Waals surface area contributed by atoms with Crippen LogP contribution in [0.4, 0.5) is 4.79 Å². The molecule has 1 saturated heterocycles. The second-order valence-corrected chi connectivity index (χ2v) is 12.4. The topological polar surface area (TPSA) is 143 Å². The molecule has 0 spiro atoms. The molecule has 41 heavy (non-hydrogen) atoms. The lowest BCUT2D eigenvalue weighted by Gasteiger charge is -2.26. The lowest BCUT2D eigenvalue weighted by atomic mass is 9.94. The van der Waals surface area contributed by atoms with Crippen molar-refractivity contribution in [3.63, 3.8) is 0 Å². The highest BCUT2D eigenvalue weighted by molar-refractivity contribution is 6.38. The van der Waals surface area contributed by atoms with Crippen molar-refractivity contribution in [2.24, 2.45) is 17.8 Å². The molecule has 1 aliphatic heterocycles. The van der Waals surface area contributed by atoms with Crippen molar-refractivity contribution in [3.05, 3.63) is 34.9 Å². The van der Waals surface area contributed by atoms with Crippen molar-refractivity contribution in [1.29, 1.82) is 0 Å². The van der Waals surface area contributed by atoms with Crippen LogP contribution in [0, 0.1) is 17.8 Å². The Morgan fingerprint density at radius 1 is 1.05 bits per heavy atom. The molecule has 4 N–H and O–H groups in total. The number of benzene rings is 1. The summed E-state index contributed by atoms with van der Waals surface area (Å²) < 4.78 is 5.80. The van der Waals surface area contributed by atoms with Crippen LogP contribution in [0.3, 0.4) is 0 Å². The molecule has 3 aliphatic rings. The molecule has 1 heterocycles. The van der Waals surface area contributed by atoms with E-state index in [1.165, 1.54) is 0 Å². The molecule has 2 saturated carbocycles. The second-order valence-electron chi connectivity index (χ2n) is 12.0. The van der Waals surface area contributed by atoms with Crippen molar-refractivity contribution in [2.75, 3.05) is 6.54 Å². The summed E-state index contributed by atoms with van der Waals surface area (Å²) >= 11 is 6.14. The van der Waals surface area contributed by atoms with Crippen molar-refractivity contribution in [2.45, 2.75) is 95.9 Å². The molecule has 1 aromatic carbocycles. The summed E-state index contributed by atoms with van der Waals surface area (Å²) in [5.74, 6) is -2.65. The first kappa shape index (κ1) is 30.8. The molecule has 1 aromatic rings. The average molecular weight is 589 g/mol. The Bertz CT molecular complexity index is 1140. The van der Waals surface area contributed by atoms with Gasteiger partial charge < -0.3 is 26.0 Å². The van der Waals surface area contributed by atoms with Crippen LogP contribution in [0.25, 0.3) is 0 Å². The number of hydrogen-bond acceptors (Lipinski definition) is 6. The van der Waals surface area contributed by atoms with Gasteiger partial charge in [-0.3, -0.25) is 19.2 Å². The van der Waals surface area contributed by atoms with Crippen LogP contribution in [0.15, 0.2) is 24.3 Å². The molecule has 10 nitrogen and oxygen atoms in total. The number of nitrogens with one attached hydrogen (secondary N) is 4. The summed E-state index contributed by atoms with van der Waals surface area (Å²) in [6.45, 7) is 4.31. The van der Waals surface area contributed by atoms with E-state index in [0.29, 0.717) is 24.4 Å². The summed E-state index contributed by atoms with van der Waals surface area (Å²) in [6.07, 6.45) is 4.78. The maximum Gasteiger partial charge on any atom is 0.408 e. The predicted octanol–water partition coefficient (Wildman–Crippen LogP) is 3.05. The normalized spacial score (nSPS) is 23.4. The van der Waals surface area contributed by atoms with Crippen molar-refractivity contribution in [1.82, 2.24) is 21.3 Å². The van der Waals surface area contributed by atoms with Crippen molar-refractivity contribution >= 4 is 41.2 Å². The summed E-state index contributed by atoms with van der Waals surface area (Å²) in [4.78, 5) is 64.3. The van der Waals surface area contributed by atoms with Crippen molar-refractivity contribution in [3.8, 4) is 0 Å². The molecule has 4 rings (SSSR count). The Kier molecular flexibility index (Phi) is 10.6. The van der Waals surface area contributed by atoms with E-state index in [0.717, 1.165) is 44.1 Å². The number of Topliss-reactive ketones (excluding diaryl/α,β-unsaturated/α-hetero) is 1. The van der Waals surface area contributed by atoms with Gasteiger partial charge >= 0.3 is 6.09 Å². The van der Waals surface area contributed by atoms with E-state index in [2.05, 4.69) is 21.3 Å². The zero-order chi connectivity index (χ0) is 29.5. The van der Waals surface area contributed by atoms with Gasteiger partial charge in [0.2, 0.25) is 17.6 Å². The fraction of sp³-hybridized carbons (Fsp3) is 0.633. The monoisotopic (exact) mass is 588 g/mol. The van der Waals surface area contributed by atoms with Gasteiger partial charge in [-0.05, 0) is 81.4 Å². The Morgan fingerprint density at radius 3 is 2.49 bits per heavy atom. The maximum absolute atomic E-state index is 13.4. The highest BCUT2D eigenvalue weighted by Gasteiger charge is 2.38. The van der Waals surface area contributed by atoms with E-state index < -0.39 is 41.7 Å². The van der Waals surface area contributed by atoms with Crippen LogP contribution in [0.2, 0.25) is 5.02 Å². The van der Waals surface area contributed by atoms with Crippen molar-refractivity contribution < 1.29 is 28.7 Å². The molecule has 5 unspecified atom stereocenters. The lowest BCUT2D eigenvalue weighted by Crippen LogP contribution is -2.55. The summed E-state index contributed by atoms with van der Waals surface area (Å²) in [5, 5.41) is 11.4.